The van der Waals surface area contributed by atoms with Crippen LogP contribution >= 0.6 is 34.8 Å². The molecule has 2 fully saturated rings. The zero-order valence-electron chi connectivity index (χ0n) is 15.3. The minimum atomic E-state index is -1.59. The Morgan fingerprint density at radius 1 is 1.30 bits per heavy atom. The first-order valence-electron chi connectivity index (χ1n) is 9.52. The van der Waals surface area contributed by atoms with Gasteiger partial charge in [0.15, 0.2) is 0 Å². The summed E-state index contributed by atoms with van der Waals surface area (Å²) < 4.78 is 9.22. The van der Waals surface area contributed by atoms with E-state index in [-0.39, 0.29) is 24.2 Å². The number of fused-ring (bicyclic) bond motifs is 1. The van der Waals surface area contributed by atoms with E-state index in [9.17, 15) is 4.79 Å². The Kier molecular flexibility index (Phi) is 5.19. The number of carbonyl (C=O) groups excluding carboxylic acids is 1. The number of nitrogens with zero attached hydrogens (tertiary/aromatic N) is 1. The van der Waals surface area contributed by atoms with Crippen LogP contribution < -0.4 is 4.74 Å². The highest BCUT2D eigenvalue weighted by Gasteiger charge is 2.55. The Morgan fingerprint density at radius 3 is 2.85 bits per heavy atom. The maximum atomic E-state index is 12.7. The summed E-state index contributed by atoms with van der Waals surface area (Å²) in [5.41, 5.74) is 2.88. The first-order chi connectivity index (χ1) is 12.8. The SMILES string of the molecule is COc1ccc2c(c1)C13CCCCC1C(C2)N(C(=O)OCC(Cl)(Cl)Cl)CC3. The Morgan fingerprint density at radius 2 is 2.11 bits per heavy atom. The molecule has 7 heteroatoms. The van der Waals surface area contributed by atoms with E-state index in [1.54, 1.807) is 7.11 Å². The number of hydrogen-bond donors (Lipinski definition) is 0. The molecule has 0 aromatic heterocycles. The summed E-state index contributed by atoms with van der Waals surface area (Å²) >= 11 is 17.2. The fraction of sp³-hybridized carbons (Fsp3) is 0.650. The predicted octanol–water partition coefficient (Wildman–Crippen LogP) is 5.26. The van der Waals surface area contributed by atoms with E-state index < -0.39 is 3.79 Å². The lowest BCUT2D eigenvalue weighted by Gasteiger charge is -2.58. The third-order valence-corrected chi connectivity index (χ3v) is 6.97. The van der Waals surface area contributed by atoms with Crippen molar-refractivity contribution in [1.82, 2.24) is 4.90 Å². The molecule has 148 valence electrons. The lowest BCUT2D eigenvalue weighted by atomic mass is 9.52. The normalized spacial score (nSPS) is 29.6. The number of hydrogen-bond acceptors (Lipinski definition) is 3. The molecule has 2 aliphatic carbocycles. The summed E-state index contributed by atoms with van der Waals surface area (Å²) in [6.07, 6.45) is 6.16. The lowest BCUT2D eigenvalue weighted by molar-refractivity contribution is -0.0116. The second-order valence-electron chi connectivity index (χ2n) is 7.92. The Hall–Kier alpha value is -0.840. The van der Waals surface area contributed by atoms with Gasteiger partial charge in [-0.15, -0.1) is 0 Å². The zero-order valence-corrected chi connectivity index (χ0v) is 17.6. The van der Waals surface area contributed by atoms with Gasteiger partial charge in [0.2, 0.25) is 3.79 Å². The second kappa shape index (κ2) is 7.20. The fourth-order valence-electron chi connectivity index (χ4n) is 5.56. The predicted molar refractivity (Wildman–Crippen MR) is 107 cm³/mol. The van der Waals surface area contributed by atoms with Crippen LogP contribution in [0, 0.1) is 5.92 Å². The van der Waals surface area contributed by atoms with Crippen molar-refractivity contribution in [3.8, 4) is 5.75 Å². The molecule has 0 spiro atoms. The van der Waals surface area contributed by atoms with Crippen LogP contribution in [0.5, 0.6) is 5.75 Å². The third kappa shape index (κ3) is 3.49. The number of piperidine rings is 1. The summed E-state index contributed by atoms with van der Waals surface area (Å²) in [7, 11) is 1.71. The molecule has 1 aromatic carbocycles. The average molecular weight is 433 g/mol. The van der Waals surface area contributed by atoms with E-state index >= 15 is 0 Å². The highest BCUT2D eigenvalue weighted by molar-refractivity contribution is 6.67. The number of rotatable bonds is 2. The van der Waals surface area contributed by atoms with E-state index in [4.69, 9.17) is 44.3 Å². The van der Waals surface area contributed by atoms with Crippen molar-refractivity contribution in [2.75, 3.05) is 20.3 Å². The number of alkyl halides is 3. The highest BCUT2D eigenvalue weighted by atomic mass is 35.6. The second-order valence-corrected chi connectivity index (χ2v) is 10.4. The molecular weight excluding hydrogens is 409 g/mol. The van der Waals surface area contributed by atoms with Crippen molar-refractivity contribution in [1.29, 1.82) is 0 Å². The van der Waals surface area contributed by atoms with Crippen LogP contribution in [0.3, 0.4) is 0 Å². The standard InChI is InChI=1S/C20H24Cl3NO3/c1-26-14-6-5-13-10-17-15-4-2-3-7-19(15,16(13)11-14)8-9-24(17)18(25)27-12-20(21,22)23/h5-6,11,15,17H,2-4,7-10,12H2,1H3. The van der Waals surface area contributed by atoms with Gasteiger partial charge in [0, 0.05) is 18.0 Å². The van der Waals surface area contributed by atoms with Gasteiger partial charge in [-0.2, -0.15) is 0 Å². The molecule has 3 unspecified atom stereocenters. The Bertz CT molecular complexity index is 736. The molecule has 3 atom stereocenters. The fourth-order valence-corrected chi connectivity index (χ4v) is 5.73. The van der Waals surface area contributed by atoms with Crippen molar-refractivity contribution in [3.05, 3.63) is 29.3 Å². The summed E-state index contributed by atoms with van der Waals surface area (Å²) in [6.45, 7) is 0.444. The Labute approximate surface area is 175 Å². The van der Waals surface area contributed by atoms with Gasteiger partial charge in [-0.3, -0.25) is 0 Å². The molecule has 4 nitrogen and oxygen atoms in total. The largest absolute Gasteiger partial charge is 0.497 e. The minimum Gasteiger partial charge on any atom is -0.497 e. The number of carbonyl (C=O) groups is 1. The molecule has 1 saturated carbocycles. The molecule has 1 aromatic rings. The topological polar surface area (TPSA) is 38.8 Å². The number of amides is 1. The molecule has 1 amide bonds. The quantitative estimate of drug-likeness (QED) is 0.598. The van der Waals surface area contributed by atoms with Crippen LogP contribution in [0.25, 0.3) is 0 Å². The zero-order chi connectivity index (χ0) is 19.2. The number of likely N-dealkylation sites (tertiary alicyclic amines) is 1. The van der Waals surface area contributed by atoms with Gasteiger partial charge in [0.05, 0.1) is 7.11 Å². The summed E-state index contributed by atoms with van der Waals surface area (Å²) in [6, 6.07) is 6.53. The van der Waals surface area contributed by atoms with Crippen molar-refractivity contribution < 1.29 is 14.3 Å². The minimum absolute atomic E-state index is 0.136. The lowest BCUT2D eigenvalue weighted by Crippen LogP contribution is -2.62. The summed E-state index contributed by atoms with van der Waals surface area (Å²) in [5.74, 6) is 1.36. The summed E-state index contributed by atoms with van der Waals surface area (Å²) in [4.78, 5) is 14.6. The monoisotopic (exact) mass is 431 g/mol. The molecule has 1 heterocycles. The number of halogens is 3. The number of benzene rings is 1. The van der Waals surface area contributed by atoms with Crippen LogP contribution in [0.2, 0.25) is 0 Å². The first-order valence-corrected chi connectivity index (χ1v) is 10.6. The van der Waals surface area contributed by atoms with E-state index in [0.29, 0.717) is 12.5 Å². The van der Waals surface area contributed by atoms with Crippen LogP contribution in [-0.2, 0) is 16.6 Å². The van der Waals surface area contributed by atoms with Crippen LogP contribution in [0.15, 0.2) is 18.2 Å². The number of methoxy groups -OCH3 is 1. The molecule has 4 rings (SSSR count). The Balaban J connectivity index is 1.66. The van der Waals surface area contributed by atoms with Crippen LogP contribution in [0.4, 0.5) is 4.79 Å². The number of ether oxygens (including phenoxy) is 2. The molecule has 1 saturated heterocycles. The van der Waals surface area contributed by atoms with Crippen LogP contribution in [-0.4, -0.2) is 41.1 Å². The van der Waals surface area contributed by atoms with Crippen molar-refractivity contribution in [2.24, 2.45) is 5.92 Å². The van der Waals surface area contributed by atoms with E-state index in [2.05, 4.69) is 12.1 Å². The maximum absolute atomic E-state index is 12.7. The average Bonchev–Trinajstić information content (AvgIpc) is 2.65. The van der Waals surface area contributed by atoms with Gasteiger partial charge in [-0.05, 0) is 54.9 Å². The highest BCUT2D eigenvalue weighted by Crippen LogP contribution is 2.56. The molecule has 0 radical (unpaired) electrons. The molecule has 3 aliphatic rings. The van der Waals surface area contributed by atoms with Crippen molar-refractivity contribution >= 4 is 40.9 Å². The van der Waals surface area contributed by atoms with E-state index in [1.165, 1.54) is 30.4 Å². The van der Waals surface area contributed by atoms with Gasteiger partial charge in [0.25, 0.3) is 0 Å². The summed E-state index contributed by atoms with van der Waals surface area (Å²) in [5, 5.41) is 0. The van der Waals surface area contributed by atoms with Crippen molar-refractivity contribution in [2.45, 2.75) is 53.8 Å². The van der Waals surface area contributed by atoms with Crippen molar-refractivity contribution in [3.63, 3.8) is 0 Å². The molecule has 27 heavy (non-hydrogen) atoms. The van der Waals surface area contributed by atoms with Gasteiger partial charge in [-0.25, -0.2) is 4.79 Å². The molecule has 2 bridgehead atoms. The van der Waals surface area contributed by atoms with Gasteiger partial charge < -0.3 is 14.4 Å². The maximum Gasteiger partial charge on any atom is 0.410 e. The smallest absolute Gasteiger partial charge is 0.410 e. The third-order valence-electron chi connectivity index (χ3n) is 6.64. The van der Waals surface area contributed by atoms with Gasteiger partial charge in [-0.1, -0.05) is 53.7 Å². The molecule has 0 N–H and O–H groups in total. The van der Waals surface area contributed by atoms with E-state index in [0.717, 1.165) is 25.0 Å². The first kappa shape index (κ1) is 19.5. The van der Waals surface area contributed by atoms with E-state index in [1.807, 2.05) is 11.0 Å². The van der Waals surface area contributed by atoms with Gasteiger partial charge >= 0.3 is 6.09 Å². The molecular formula is C20H24Cl3NO3. The molecule has 1 aliphatic heterocycles. The van der Waals surface area contributed by atoms with Crippen LogP contribution in [0.1, 0.15) is 43.2 Å². The van der Waals surface area contributed by atoms with Gasteiger partial charge in [0.1, 0.15) is 12.4 Å².